The number of carbonyl (C=O) groups excluding carboxylic acids is 2. The zero-order chi connectivity index (χ0) is 20.9. The third-order valence-corrected chi connectivity index (χ3v) is 4.49. The molecule has 1 aromatic heterocycles. The van der Waals surface area contributed by atoms with Crippen molar-refractivity contribution in [1.82, 2.24) is 20.6 Å². The Balaban J connectivity index is 1.52. The van der Waals surface area contributed by atoms with E-state index in [1.165, 1.54) is 0 Å². The van der Waals surface area contributed by atoms with Crippen LogP contribution in [0.1, 0.15) is 44.0 Å². The van der Waals surface area contributed by atoms with Crippen molar-refractivity contribution in [2.24, 2.45) is 0 Å². The van der Waals surface area contributed by atoms with E-state index in [9.17, 15) is 9.59 Å². The average Bonchev–Trinajstić information content (AvgIpc) is 2.68. The predicted octanol–water partition coefficient (Wildman–Crippen LogP) is 2.80. The number of carbonyl (C=O) groups is 2. The molecule has 0 bridgehead atoms. The number of benzene rings is 1. The number of hydrogen-bond donors (Lipinski definition) is 3. The molecule has 29 heavy (non-hydrogen) atoms. The summed E-state index contributed by atoms with van der Waals surface area (Å²) in [7, 11) is 0. The topological polar surface area (TPSA) is 99.2 Å². The number of anilines is 2. The second kappa shape index (κ2) is 8.89. The van der Waals surface area contributed by atoms with E-state index in [2.05, 4.69) is 30.8 Å². The molecular formula is C21H28N6O2. The summed E-state index contributed by atoms with van der Waals surface area (Å²) >= 11 is 0. The number of nitrogens with zero attached hydrogens (tertiary/aromatic N) is 3. The van der Waals surface area contributed by atoms with Gasteiger partial charge < -0.3 is 20.9 Å². The lowest BCUT2D eigenvalue weighted by atomic mass is 10.1. The van der Waals surface area contributed by atoms with Gasteiger partial charge in [0.2, 0.25) is 5.95 Å². The van der Waals surface area contributed by atoms with Gasteiger partial charge in [-0.25, -0.2) is 14.8 Å². The van der Waals surface area contributed by atoms with E-state index in [1.807, 2.05) is 20.8 Å². The van der Waals surface area contributed by atoms with Gasteiger partial charge in [0.15, 0.2) is 0 Å². The van der Waals surface area contributed by atoms with E-state index in [-0.39, 0.29) is 23.5 Å². The molecular weight excluding hydrogens is 368 g/mol. The fourth-order valence-corrected chi connectivity index (χ4v) is 3.20. The van der Waals surface area contributed by atoms with Crippen LogP contribution in [0.25, 0.3) is 0 Å². The van der Waals surface area contributed by atoms with Crippen LogP contribution in [-0.4, -0.2) is 46.6 Å². The summed E-state index contributed by atoms with van der Waals surface area (Å²) in [5, 5.41) is 8.75. The zero-order valence-corrected chi connectivity index (χ0v) is 17.1. The molecule has 1 aliphatic heterocycles. The minimum absolute atomic E-state index is 0.0180. The molecule has 3 rings (SSSR count). The molecule has 154 valence electrons. The van der Waals surface area contributed by atoms with E-state index in [4.69, 9.17) is 0 Å². The SMILES string of the molecule is CC(C)(C)NC(=O)c1ccc(NC(=O)NC2CCCN(c3ncccn3)C2)cc1. The molecule has 1 aromatic carbocycles. The number of aromatic nitrogens is 2. The second-order valence-electron chi connectivity index (χ2n) is 8.21. The Labute approximate surface area is 171 Å². The summed E-state index contributed by atoms with van der Waals surface area (Å²) < 4.78 is 0. The second-order valence-corrected chi connectivity index (χ2v) is 8.21. The van der Waals surface area contributed by atoms with E-state index >= 15 is 0 Å². The van der Waals surface area contributed by atoms with Crippen molar-refractivity contribution in [1.29, 1.82) is 0 Å². The van der Waals surface area contributed by atoms with Gasteiger partial charge in [-0.05, 0) is 63.9 Å². The predicted molar refractivity (Wildman–Crippen MR) is 113 cm³/mol. The lowest BCUT2D eigenvalue weighted by Gasteiger charge is -2.33. The summed E-state index contributed by atoms with van der Waals surface area (Å²) in [6, 6.07) is 8.39. The number of rotatable bonds is 4. The highest BCUT2D eigenvalue weighted by Crippen LogP contribution is 2.16. The first-order valence-electron chi connectivity index (χ1n) is 9.82. The van der Waals surface area contributed by atoms with E-state index in [0.717, 1.165) is 19.4 Å². The first-order chi connectivity index (χ1) is 13.8. The van der Waals surface area contributed by atoms with Crippen LogP contribution in [0.2, 0.25) is 0 Å². The van der Waals surface area contributed by atoms with Crippen molar-refractivity contribution in [3.8, 4) is 0 Å². The summed E-state index contributed by atoms with van der Waals surface area (Å²) in [6.07, 6.45) is 5.30. The van der Waals surface area contributed by atoms with Gasteiger partial charge in [0.25, 0.3) is 5.91 Å². The number of hydrogen-bond acceptors (Lipinski definition) is 5. The molecule has 0 saturated carbocycles. The molecule has 1 fully saturated rings. The molecule has 0 aliphatic carbocycles. The molecule has 8 nitrogen and oxygen atoms in total. The minimum Gasteiger partial charge on any atom is -0.347 e. The summed E-state index contributed by atoms with van der Waals surface area (Å²) in [5.74, 6) is 0.544. The van der Waals surface area contributed by atoms with Gasteiger partial charge in [-0.15, -0.1) is 0 Å². The monoisotopic (exact) mass is 396 g/mol. The summed E-state index contributed by atoms with van der Waals surface area (Å²) in [6.45, 7) is 7.34. The molecule has 8 heteroatoms. The van der Waals surface area contributed by atoms with Crippen LogP contribution in [0.3, 0.4) is 0 Å². The maximum Gasteiger partial charge on any atom is 0.319 e. The highest BCUT2D eigenvalue weighted by Gasteiger charge is 2.23. The van der Waals surface area contributed by atoms with Crippen LogP contribution in [0.15, 0.2) is 42.7 Å². The number of amides is 3. The van der Waals surface area contributed by atoms with Crippen LogP contribution in [-0.2, 0) is 0 Å². The quantitative estimate of drug-likeness (QED) is 0.738. The van der Waals surface area contributed by atoms with Gasteiger partial charge in [-0.2, -0.15) is 0 Å². The van der Waals surface area contributed by atoms with Gasteiger partial charge in [0.1, 0.15) is 0 Å². The maximum atomic E-state index is 12.4. The van der Waals surface area contributed by atoms with Gasteiger partial charge >= 0.3 is 6.03 Å². The minimum atomic E-state index is -0.299. The zero-order valence-electron chi connectivity index (χ0n) is 17.1. The Morgan fingerprint density at radius 2 is 1.79 bits per heavy atom. The van der Waals surface area contributed by atoms with Crippen LogP contribution < -0.4 is 20.9 Å². The van der Waals surface area contributed by atoms with Crippen LogP contribution >= 0.6 is 0 Å². The van der Waals surface area contributed by atoms with Crippen molar-refractivity contribution in [3.05, 3.63) is 48.3 Å². The maximum absolute atomic E-state index is 12.4. The summed E-state index contributed by atoms with van der Waals surface area (Å²) in [5.41, 5.74) is 0.887. The Hall–Kier alpha value is -3.16. The third-order valence-electron chi connectivity index (χ3n) is 4.49. The van der Waals surface area contributed by atoms with Gasteiger partial charge in [-0.1, -0.05) is 0 Å². The Morgan fingerprint density at radius 3 is 2.45 bits per heavy atom. The molecule has 1 unspecified atom stereocenters. The van der Waals surface area contributed by atoms with Gasteiger partial charge in [0.05, 0.1) is 0 Å². The summed E-state index contributed by atoms with van der Waals surface area (Å²) in [4.78, 5) is 35.2. The Morgan fingerprint density at radius 1 is 1.10 bits per heavy atom. The fraction of sp³-hybridized carbons (Fsp3) is 0.429. The number of urea groups is 1. The van der Waals surface area contributed by atoms with Crippen molar-refractivity contribution in [3.63, 3.8) is 0 Å². The highest BCUT2D eigenvalue weighted by molar-refractivity contribution is 5.96. The highest BCUT2D eigenvalue weighted by atomic mass is 16.2. The van der Waals surface area contributed by atoms with Crippen LogP contribution in [0.5, 0.6) is 0 Å². The molecule has 3 amide bonds. The number of piperidine rings is 1. The molecule has 1 saturated heterocycles. The van der Waals surface area contributed by atoms with Crippen LogP contribution in [0, 0.1) is 0 Å². The Bertz CT molecular complexity index is 832. The van der Waals surface area contributed by atoms with Crippen molar-refractivity contribution in [2.75, 3.05) is 23.3 Å². The van der Waals surface area contributed by atoms with E-state index < -0.39 is 0 Å². The van der Waals surface area contributed by atoms with E-state index in [1.54, 1.807) is 42.7 Å². The number of nitrogens with one attached hydrogen (secondary N) is 3. The Kier molecular flexibility index (Phi) is 6.31. The molecule has 2 aromatic rings. The molecule has 1 atom stereocenters. The molecule has 1 aliphatic rings. The van der Waals surface area contributed by atoms with E-state index in [0.29, 0.717) is 23.7 Å². The van der Waals surface area contributed by atoms with Crippen molar-refractivity contribution in [2.45, 2.75) is 45.2 Å². The lowest BCUT2D eigenvalue weighted by molar-refractivity contribution is 0.0919. The fourth-order valence-electron chi connectivity index (χ4n) is 3.20. The van der Waals surface area contributed by atoms with Gasteiger partial charge in [0, 0.05) is 48.3 Å². The van der Waals surface area contributed by atoms with Crippen molar-refractivity contribution >= 4 is 23.6 Å². The van der Waals surface area contributed by atoms with Gasteiger partial charge in [-0.3, -0.25) is 4.79 Å². The first kappa shape index (κ1) is 20.6. The third kappa shape index (κ3) is 6.17. The van der Waals surface area contributed by atoms with Crippen molar-refractivity contribution < 1.29 is 9.59 Å². The normalized spacial score (nSPS) is 16.8. The lowest BCUT2D eigenvalue weighted by Crippen LogP contribution is -2.49. The first-order valence-corrected chi connectivity index (χ1v) is 9.82. The largest absolute Gasteiger partial charge is 0.347 e. The van der Waals surface area contributed by atoms with Crippen LogP contribution in [0.4, 0.5) is 16.4 Å². The average molecular weight is 396 g/mol. The smallest absolute Gasteiger partial charge is 0.319 e. The molecule has 0 radical (unpaired) electrons. The standard InChI is InChI=1S/C21H28N6O2/c1-21(2,3)26-18(28)15-7-9-16(10-8-15)24-20(29)25-17-6-4-13-27(14-17)19-22-11-5-12-23-19/h5,7-12,17H,4,6,13-14H2,1-3H3,(H,26,28)(H2,24,25,29). The molecule has 3 N–H and O–H groups in total. The molecule has 2 heterocycles. The molecule has 0 spiro atoms.